The summed E-state index contributed by atoms with van der Waals surface area (Å²) in [7, 11) is 0. The van der Waals surface area contributed by atoms with Crippen molar-refractivity contribution in [3.05, 3.63) is 63.2 Å². The van der Waals surface area contributed by atoms with Crippen LogP contribution in [0.1, 0.15) is 28.4 Å². The van der Waals surface area contributed by atoms with E-state index in [2.05, 4.69) is 0 Å². The summed E-state index contributed by atoms with van der Waals surface area (Å²) in [5.41, 5.74) is 1.45. The largest absolute Gasteiger partial charge is 0.489 e. The zero-order valence-electron chi connectivity index (χ0n) is 14.1. The van der Waals surface area contributed by atoms with E-state index in [-0.39, 0.29) is 32.3 Å². The van der Waals surface area contributed by atoms with Gasteiger partial charge in [0, 0.05) is 23.3 Å². The molecule has 0 spiro atoms. The molecule has 0 N–H and O–H groups in total. The molecule has 0 saturated carbocycles. The van der Waals surface area contributed by atoms with E-state index in [4.69, 9.17) is 18.9 Å². The fourth-order valence-corrected chi connectivity index (χ4v) is 2.58. The van der Waals surface area contributed by atoms with Crippen molar-refractivity contribution in [2.45, 2.75) is 20.1 Å². The highest BCUT2D eigenvalue weighted by molar-refractivity contribution is 5.89. The number of non-ortho nitro benzene ring substituents is 1. The third-order valence-corrected chi connectivity index (χ3v) is 3.72. The van der Waals surface area contributed by atoms with Crippen molar-refractivity contribution in [3.63, 3.8) is 0 Å². The summed E-state index contributed by atoms with van der Waals surface area (Å²) in [6.07, 6.45) is 0. The van der Waals surface area contributed by atoms with Crippen LogP contribution in [0.3, 0.4) is 0 Å². The highest BCUT2D eigenvalue weighted by Crippen LogP contribution is 2.33. The molecule has 1 aliphatic heterocycles. The first-order valence-corrected chi connectivity index (χ1v) is 7.99. The number of nitro benzene ring substituents is 1. The minimum Gasteiger partial charge on any atom is -0.489 e. The third-order valence-electron chi connectivity index (χ3n) is 3.72. The van der Waals surface area contributed by atoms with Crippen molar-refractivity contribution >= 4 is 11.7 Å². The number of ether oxygens (including phenoxy) is 4. The molecule has 0 saturated heterocycles. The molecule has 2 aromatic rings. The van der Waals surface area contributed by atoms with Gasteiger partial charge in [-0.25, -0.2) is 4.79 Å². The van der Waals surface area contributed by atoms with Crippen LogP contribution in [-0.2, 0) is 22.7 Å². The first-order chi connectivity index (χ1) is 12.6. The summed E-state index contributed by atoms with van der Waals surface area (Å²) >= 11 is 0. The lowest BCUT2D eigenvalue weighted by Crippen LogP contribution is -2.14. The number of hydrogen-bond donors (Lipinski definition) is 0. The number of carbonyl (C=O) groups excluding carboxylic acids is 1. The molecule has 0 fully saturated rings. The summed E-state index contributed by atoms with van der Waals surface area (Å²) in [5, 5.41) is 11.1. The van der Waals surface area contributed by atoms with Gasteiger partial charge in [-0.2, -0.15) is 0 Å². The van der Waals surface area contributed by atoms with E-state index in [1.54, 1.807) is 31.2 Å². The zero-order valence-corrected chi connectivity index (χ0v) is 14.1. The molecule has 3 rings (SSSR count). The lowest BCUT2D eigenvalue weighted by molar-refractivity contribution is -0.385. The van der Waals surface area contributed by atoms with Crippen LogP contribution in [0.15, 0.2) is 36.4 Å². The third kappa shape index (κ3) is 3.92. The van der Waals surface area contributed by atoms with E-state index in [9.17, 15) is 14.9 Å². The first-order valence-electron chi connectivity index (χ1n) is 7.99. The number of rotatable bonds is 6. The topological polar surface area (TPSA) is 97.1 Å². The smallest absolute Gasteiger partial charge is 0.338 e. The van der Waals surface area contributed by atoms with Crippen LogP contribution in [0.25, 0.3) is 0 Å². The number of nitrogens with zero attached hydrogens (tertiary/aromatic N) is 1. The standard InChI is InChI=1S/C18H17NO7/c1-2-24-18(20)12-4-3-5-16(8-12)25-10-14-7-15(19(21)22)6-13-9-23-11-26-17(13)14/h3-8H,2,9-11H2,1H3. The lowest BCUT2D eigenvalue weighted by atomic mass is 10.1. The van der Waals surface area contributed by atoms with Crippen molar-refractivity contribution < 1.29 is 28.7 Å². The maximum absolute atomic E-state index is 11.8. The Kier molecular flexibility index (Phi) is 5.33. The number of carbonyl (C=O) groups is 1. The zero-order chi connectivity index (χ0) is 18.5. The molecule has 0 radical (unpaired) electrons. The van der Waals surface area contributed by atoms with Crippen LogP contribution < -0.4 is 9.47 Å². The number of fused-ring (bicyclic) bond motifs is 1. The number of hydrogen-bond acceptors (Lipinski definition) is 7. The van der Waals surface area contributed by atoms with Crippen molar-refractivity contribution in [1.29, 1.82) is 0 Å². The summed E-state index contributed by atoms with van der Waals surface area (Å²) in [6.45, 7) is 2.38. The Labute approximate surface area is 149 Å². The Hall–Kier alpha value is -3.13. The van der Waals surface area contributed by atoms with Crippen LogP contribution in [0.2, 0.25) is 0 Å². The van der Waals surface area contributed by atoms with Gasteiger partial charge in [-0.3, -0.25) is 10.1 Å². The highest BCUT2D eigenvalue weighted by atomic mass is 16.7. The average molecular weight is 359 g/mol. The predicted molar refractivity (Wildman–Crippen MR) is 90.1 cm³/mol. The summed E-state index contributed by atoms with van der Waals surface area (Å²) < 4.78 is 21.3. The van der Waals surface area contributed by atoms with Gasteiger partial charge in [0.1, 0.15) is 18.1 Å². The minimum atomic E-state index is -0.472. The van der Waals surface area contributed by atoms with Crippen molar-refractivity contribution in [2.24, 2.45) is 0 Å². The van der Waals surface area contributed by atoms with Gasteiger partial charge in [0.15, 0.2) is 6.79 Å². The van der Waals surface area contributed by atoms with Crippen LogP contribution in [0.5, 0.6) is 11.5 Å². The maximum Gasteiger partial charge on any atom is 0.338 e. The predicted octanol–water partition coefficient (Wildman–Crippen LogP) is 3.22. The highest BCUT2D eigenvalue weighted by Gasteiger charge is 2.21. The number of esters is 1. The molecular weight excluding hydrogens is 342 g/mol. The molecule has 0 amide bonds. The second-order valence-corrected chi connectivity index (χ2v) is 5.50. The van der Waals surface area contributed by atoms with E-state index in [0.29, 0.717) is 28.2 Å². The molecule has 0 bridgehead atoms. The van der Waals surface area contributed by atoms with Gasteiger partial charge in [-0.05, 0) is 25.1 Å². The van der Waals surface area contributed by atoms with Crippen LogP contribution in [0, 0.1) is 10.1 Å². The second kappa shape index (κ2) is 7.83. The Morgan fingerprint density at radius 2 is 2.15 bits per heavy atom. The van der Waals surface area contributed by atoms with E-state index in [1.165, 1.54) is 12.1 Å². The summed E-state index contributed by atoms with van der Waals surface area (Å²) in [4.78, 5) is 22.4. The minimum absolute atomic E-state index is 0.0519. The Bertz CT molecular complexity index is 834. The molecular formula is C18H17NO7. The summed E-state index contributed by atoms with van der Waals surface area (Å²) in [5.74, 6) is 0.539. The molecule has 8 heteroatoms. The normalized spacial score (nSPS) is 12.7. The summed E-state index contributed by atoms with van der Waals surface area (Å²) in [6, 6.07) is 9.40. The molecule has 2 aromatic carbocycles. The number of nitro groups is 1. The van der Waals surface area contributed by atoms with Gasteiger partial charge in [-0.15, -0.1) is 0 Å². The molecule has 1 heterocycles. The van der Waals surface area contributed by atoms with Crippen molar-refractivity contribution in [1.82, 2.24) is 0 Å². The first kappa shape index (κ1) is 17.7. The molecule has 0 aromatic heterocycles. The van der Waals surface area contributed by atoms with Gasteiger partial charge < -0.3 is 18.9 Å². The average Bonchev–Trinajstić information content (AvgIpc) is 2.66. The molecule has 136 valence electrons. The Morgan fingerprint density at radius 3 is 2.92 bits per heavy atom. The van der Waals surface area contributed by atoms with Gasteiger partial charge in [0.2, 0.25) is 0 Å². The Balaban J connectivity index is 1.81. The second-order valence-electron chi connectivity index (χ2n) is 5.50. The molecule has 1 aliphatic rings. The van der Waals surface area contributed by atoms with Gasteiger partial charge in [0.25, 0.3) is 5.69 Å². The maximum atomic E-state index is 11.8. The van der Waals surface area contributed by atoms with Gasteiger partial charge >= 0.3 is 5.97 Å². The van der Waals surface area contributed by atoms with Gasteiger partial charge in [0.05, 0.1) is 23.7 Å². The molecule has 8 nitrogen and oxygen atoms in total. The van der Waals surface area contributed by atoms with E-state index >= 15 is 0 Å². The quantitative estimate of drug-likeness (QED) is 0.444. The van der Waals surface area contributed by atoms with Crippen LogP contribution in [0.4, 0.5) is 5.69 Å². The molecule has 26 heavy (non-hydrogen) atoms. The fraction of sp³-hybridized carbons (Fsp3) is 0.278. The molecule has 0 atom stereocenters. The lowest BCUT2D eigenvalue weighted by Gasteiger charge is -2.20. The van der Waals surface area contributed by atoms with Gasteiger partial charge in [-0.1, -0.05) is 6.07 Å². The fourth-order valence-electron chi connectivity index (χ4n) is 2.58. The van der Waals surface area contributed by atoms with Crippen molar-refractivity contribution in [3.8, 4) is 11.5 Å². The van der Waals surface area contributed by atoms with E-state index in [0.717, 1.165) is 0 Å². The monoisotopic (exact) mass is 359 g/mol. The van der Waals surface area contributed by atoms with Crippen LogP contribution >= 0.6 is 0 Å². The van der Waals surface area contributed by atoms with Crippen LogP contribution in [-0.4, -0.2) is 24.3 Å². The molecule has 0 unspecified atom stereocenters. The van der Waals surface area contributed by atoms with E-state index in [1.807, 2.05) is 0 Å². The molecule has 0 aliphatic carbocycles. The van der Waals surface area contributed by atoms with E-state index < -0.39 is 10.9 Å². The van der Waals surface area contributed by atoms with Crippen molar-refractivity contribution in [2.75, 3.05) is 13.4 Å². The number of benzene rings is 2. The Morgan fingerprint density at radius 1 is 1.31 bits per heavy atom. The SMILES string of the molecule is CCOC(=O)c1cccc(OCc2cc([N+](=O)[O-])cc3c2OCOC3)c1.